The van der Waals surface area contributed by atoms with Crippen molar-refractivity contribution in [2.45, 2.75) is 69.7 Å². The molecule has 11 heteroatoms. The van der Waals surface area contributed by atoms with Crippen molar-refractivity contribution in [3.05, 3.63) is 83.7 Å². The molecule has 10 nitrogen and oxygen atoms in total. The number of methoxy groups -OCH3 is 1. The second kappa shape index (κ2) is 13.4. The van der Waals surface area contributed by atoms with Crippen LogP contribution >= 0.6 is 0 Å². The first kappa shape index (κ1) is 30.1. The van der Waals surface area contributed by atoms with Gasteiger partial charge in [0.05, 0.1) is 31.1 Å². The summed E-state index contributed by atoms with van der Waals surface area (Å²) in [7, 11) is 1.51. The van der Waals surface area contributed by atoms with Gasteiger partial charge in [0.25, 0.3) is 0 Å². The van der Waals surface area contributed by atoms with E-state index in [-0.39, 0.29) is 36.4 Å². The zero-order chi connectivity index (χ0) is 30.6. The number of carbonyl (C=O) groups is 2. The summed E-state index contributed by atoms with van der Waals surface area (Å²) in [5.74, 6) is 0.0866. The number of hydrogen-bond acceptors (Lipinski definition) is 8. The number of benzene rings is 1. The highest BCUT2D eigenvalue weighted by atomic mass is 19.1. The van der Waals surface area contributed by atoms with Gasteiger partial charge in [-0.05, 0) is 86.9 Å². The molecule has 2 aromatic heterocycles. The average Bonchev–Trinajstić information content (AvgIpc) is 3.46. The summed E-state index contributed by atoms with van der Waals surface area (Å²) in [5.41, 5.74) is 10.1. The molecular weight excluding hydrogens is 561 g/mol. The van der Waals surface area contributed by atoms with Gasteiger partial charge in [0.2, 0.25) is 11.8 Å². The minimum Gasteiger partial charge on any atom is -0.496 e. The number of carbonyl (C=O) groups excluding carboxylic acids is 2. The molecule has 2 amide bonds. The molecule has 4 N–H and O–H groups in total. The van der Waals surface area contributed by atoms with Crippen molar-refractivity contribution in [3.63, 3.8) is 0 Å². The zero-order valence-electron chi connectivity index (χ0n) is 25.1. The van der Waals surface area contributed by atoms with E-state index in [1.165, 1.54) is 18.7 Å². The second-order valence-electron chi connectivity index (χ2n) is 12.2. The first-order valence-corrected chi connectivity index (χ1v) is 15.4. The maximum absolute atomic E-state index is 15.0. The lowest BCUT2D eigenvalue weighted by atomic mass is 9.74. The monoisotopic (exact) mass is 601 g/mol. The number of aryl methyl sites for hydroxylation is 1. The van der Waals surface area contributed by atoms with Gasteiger partial charge in [-0.25, -0.2) is 9.82 Å². The van der Waals surface area contributed by atoms with Crippen LogP contribution in [-0.4, -0.2) is 58.5 Å². The van der Waals surface area contributed by atoms with Crippen molar-refractivity contribution < 1.29 is 18.7 Å². The first-order chi connectivity index (χ1) is 21.4. The summed E-state index contributed by atoms with van der Waals surface area (Å²) < 4.78 is 20.5. The van der Waals surface area contributed by atoms with Crippen molar-refractivity contribution in [1.82, 2.24) is 31.0 Å². The molecule has 1 saturated carbocycles. The van der Waals surface area contributed by atoms with Gasteiger partial charge in [-0.2, -0.15) is 0 Å². The van der Waals surface area contributed by atoms with Crippen molar-refractivity contribution in [1.29, 1.82) is 0 Å². The van der Waals surface area contributed by atoms with E-state index in [0.29, 0.717) is 48.3 Å². The Labute approximate surface area is 257 Å². The topological polar surface area (TPSA) is 121 Å². The Morgan fingerprint density at radius 3 is 2.75 bits per heavy atom. The van der Waals surface area contributed by atoms with E-state index in [9.17, 15) is 9.59 Å². The van der Waals surface area contributed by atoms with Crippen LogP contribution in [0, 0.1) is 24.6 Å². The number of likely N-dealkylation sites (tertiary alicyclic amines) is 1. The smallest absolute Gasteiger partial charge is 0.241 e. The number of pyridine rings is 2. The fourth-order valence-corrected chi connectivity index (χ4v) is 7.09. The molecule has 4 unspecified atom stereocenters. The maximum Gasteiger partial charge on any atom is 0.241 e. The first-order valence-electron chi connectivity index (χ1n) is 15.4. The van der Waals surface area contributed by atoms with Crippen molar-refractivity contribution in [2.75, 3.05) is 19.0 Å². The quantitative estimate of drug-likeness (QED) is 0.309. The fraction of sp³-hybridized carbons (Fsp3) is 0.455. The van der Waals surface area contributed by atoms with Gasteiger partial charge < -0.3 is 15.4 Å². The normalized spacial score (nSPS) is 26.9. The van der Waals surface area contributed by atoms with Crippen LogP contribution in [-0.2, 0) is 16.1 Å². The minimum absolute atomic E-state index is 0.0479. The summed E-state index contributed by atoms with van der Waals surface area (Å²) in [4.78, 5) is 37.5. The number of fused-ring (bicyclic) bond motifs is 1. The molecule has 0 spiro atoms. The lowest BCUT2D eigenvalue weighted by Gasteiger charge is -2.40. The fourth-order valence-electron chi connectivity index (χ4n) is 7.09. The number of amides is 2. The van der Waals surface area contributed by atoms with Crippen LogP contribution in [0.15, 0.2) is 61.1 Å². The summed E-state index contributed by atoms with van der Waals surface area (Å²) in [6.07, 6.45) is 8.73. The van der Waals surface area contributed by atoms with E-state index in [0.717, 1.165) is 25.0 Å². The molecule has 2 aliphatic heterocycles. The van der Waals surface area contributed by atoms with Crippen LogP contribution in [0.1, 0.15) is 55.0 Å². The summed E-state index contributed by atoms with van der Waals surface area (Å²) >= 11 is 0. The Balaban J connectivity index is 1.15. The van der Waals surface area contributed by atoms with Gasteiger partial charge in [-0.1, -0.05) is 6.07 Å². The lowest BCUT2D eigenvalue weighted by molar-refractivity contribution is -0.128. The molecule has 44 heavy (non-hydrogen) atoms. The molecule has 232 valence electrons. The largest absolute Gasteiger partial charge is 0.496 e. The number of nitrogens with zero attached hydrogens (tertiary/aromatic N) is 3. The van der Waals surface area contributed by atoms with Crippen molar-refractivity contribution in [3.8, 4) is 5.75 Å². The number of aromatic nitrogens is 2. The Bertz CT molecular complexity index is 1470. The van der Waals surface area contributed by atoms with Gasteiger partial charge in [0.1, 0.15) is 11.6 Å². The minimum atomic E-state index is -0.511. The van der Waals surface area contributed by atoms with Gasteiger partial charge in [0.15, 0.2) is 0 Å². The number of hydrogen-bond donors (Lipinski definition) is 4. The molecule has 3 aromatic rings. The Hall–Kier alpha value is -3.93. The summed E-state index contributed by atoms with van der Waals surface area (Å²) in [6, 6.07) is 12.2. The van der Waals surface area contributed by atoms with Gasteiger partial charge >= 0.3 is 0 Å². The molecule has 2 saturated heterocycles. The molecule has 1 aliphatic carbocycles. The maximum atomic E-state index is 15.0. The summed E-state index contributed by atoms with van der Waals surface area (Å²) in [5, 5.41) is 6.25. The predicted octanol–water partition coefficient (Wildman–Crippen LogP) is 3.65. The van der Waals surface area contributed by atoms with Crippen molar-refractivity contribution >= 4 is 17.5 Å². The highest BCUT2D eigenvalue weighted by Crippen LogP contribution is 2.40. The summed E-state index contributed by atoms with van der Waals surface area (Å²) in [6.45, 7) is 2.57. The lowest BCUT2D eigenvalue weighted by Crippen LogP contribution is -2.56. The zero-order valence-corrected chi connectivity index (χ0v) is 25.1. The highest BCUT2D eigenvalue weighted by molar-refractivity contribution is 5.94. The Morgan fingerprint density at radius 2 is 1.95 bits per heavy atom. The molecule has 0 radical (unpaired) electrons. The highest BCUT2D eigenvalue weighted by Gasteiger charge is 2.43. The van der Waals surface area contributed by atoms with E-state index in [1.54, 1.807) is 36.7 Å². The van der Waals surface area contributed by atoms with Crippen LogP contribution in [0.4, 0.5) is 10.1 Å². The number of halogens is 1. The molecule has 6 atom stereocenters. The van der Waals surface area contributed by atoms with Crippen LogP contribution < -0.4 is 26.2 Å². The number of ether oxygens (including phenoxy) is 1. The van der Waals surface area contributed by atoms with Gasteiger partial charge in [-0.15, -0.1) is 0 Å². The van der Waals surface area contributed by atoms with Crippen LogP contribution in [0.25, 0.3) is 0 Å². The van der Waals surface area contributed by atoms with Crippen LogP contribution in [0.3, 0.4) is 0 Å². The number of piperidine rings is 1. The van der Waals surface area contributed by atoms with Crippen LogP contribution in [0.5, 0.6) is 5.75 Å². The molecular formula is C33H40FN7O3. The third-order valence-electron chi connectivity index (χ3n) is 9.32. The van der Waals surface area contributed by atoms with E-state index >= 15 is 4.39 Å². The van der Waals surface area contributed by atoms with E-state index in [2.05, 4.69) is 37.5 Å². The number of anilines is 1. The van der Waals surface area contributed by atoms with Gasteiger partial charge in [0, 0.05) is 54.7 Å². The van der Waals surface area contributed by atoms with Crippen LogP contribution in [0.2, 0.25) is 0 Å². The molecule has 0 bridgehead atoms. The molecule has 3 fully saturated rings. The molecule has 3 aliphatic rings. The van der Waals surface area contributed by atoms with Crippen molar-refractivity contribution in [2.24, 2.45) is 11.8 Å². The molecule has 1 aromatic carbocycles. The standard InChI is InChI=1S/C33H40FN7O3/c1-20-15-21(12-14-36-20)31-25-16-22(8-10-28(25)39-40-31)32(42)38-24-9-11-29(33(43)37-23-5-4-13-35-17-23)41(18-24)19-26-27(34)6-3-7-30(26)44-2/h3-7,12-15,17,22,24-25,28-29,31,39-40H,8-11,16,18-19H2,1-2H3,(H,37,43)(H,38,42)/t22?,24-,25?,28?,29+,31?/m1/s1. The van der Waals surface area contributed by atoms with Gasteiger partial charge in [-0.3, -0.25) is 29.9 Å². The SMILES string of the molecule is COc1cccc(F)c1CN1C[C@H](NC(=O)C2CCC3NNC(c4ccnc(C)c4)C3C2)CC[C@H]1C(=O)Nc1cccnc1. The van der Waals surface area contributed by atoms with E-state index < -0.39 is 11.9 Å². The predicted molar refractivity (Wildman–Crippen MR) is 164 cm³/mol. The molecule has 4 heterocycles. The number of hydrazine groups is 1. The van der Waals surface area contributed by atoms with E-state index in [1.807, 2.05) is 24.1 Å². The molecule has 6 rings (SSSR count). The Morgan fingerprint density at radius 1 is 1.07 bits per heavy atom. The third kappa shape index (κ3) is 6.59. The van der Waals surface area contributed by atoms with E-state index in [4.69, 9.17) is 4.74 Å². The number of nitrogens with one attached hydrogen (secondary N) is 4. The third-order valence-corrected chi connectivity index (χ3v) is 9.32. The Kier molecular flexibility index (Phi) is 9.15. The average molecular weight is 602 g/mol. The number of rotatable bonds is 8. The second-order valence-corrected chi connectivity index (χ2v) is 12.2.